The van der Waals surface area contributed by atoms with Crippen molar-refractivity contribution in [1.82, 2.24) is 29.6 Å². The number of benzene rings is 1. The second kappa shape index (κ2) is 9.92. The molecule has 178 valence electrons. The van der Waals surface area contributed by atoms with E-state index in [0.717, 1.165) is 29.8 Å². The molecule has 1 aliphatic rings. The van der Waals surface area contributed by atoms with Crippen LogP contribution in [0.4, 0.5) is 0 Å². The average Bonchev–Trinajstić information content (AvgIpc) is 3.35. The van der Waals surface area contributed by atoms with Crippen LogP contribution in [0.3, 0.4) is 0 Å². The lowest BCUT2D eigenvalue weighted by molar-refractivity contribution is 0.0699. The molecule has 0 aliphatic carbocycles. The van der Waals surface area contributed by atoms with Crippen LogP contribution in [0.2, 0.25) is 0 Å². The number of rotatable bonds is 6. The summed E-state index contributed by atoms with van der Waals surface area (Å²) < 4.78 is 13.2. The number of likely N-dealkylation sites (tertiary alicyclic amines) is 1. The largest absolute Gasteiger partial charge is 0.493 e. The van der Waals surface area contributed by atoms with Crippen LogP contribution in [0.25, 0.3) is 11.3 Å². The highest BCUT2D eigenvalue weighted by Gasteiger charge is 2.29. The van der Waals surface area contributed by atoms with Gasteiger partial charge < -0.3 is 14.4 Å². The first kappa shape index (κ1) is 22.5. The summed E-state index contributed by atoms with van der Waals surface area (Å²) in [7, 11) is 3.45. The lowest BCUT2D eigenvalue weighted by Crippen LogP contribution is -2.39. The quantitative estimate of drug-likeness (QED) is 0.419. The number of pyridine rings is 1. The zero-order valence-electron chi connectivity index (χ0n) is 19.7. The molecule has 35 heavy (non-hydrogen) atoms. The summed E-state index contributed by atoms with van der Waals surface area (Å²) in [6.45, 7) is 1.18. The predicted octanol–water partition coefficient (Wildman–Crippen LogP) is 4.09. The van der Waals surface area contributed by atoms with Crippen molar-refractivity contribution in [3.8, 4) is 28.6 Å². The molecule has 9 heteroatoms. The number of hydrogen-bond acceptors (Lipinski definition) is 7. The zero-order valence-corrected chi connectivity index (χ0v) is 19.7. The molecule has 0 unspecified atom stereocenters. The number of para-hydroxylation sites is 2. The Morgan fingerprint density at radius 2 is 1.89 bits per heavy atom. The van der Waals surface area contributed by atoms with Crippen molar-refractivity contribution < 1.29 is 14.3 Å². The molecular weight excluding hydrogens is 444 g/mol. The molecule has 1 amide bonds. The van der Waals surface area contributed by atoms with Crippen molar-refractivity contribution >= 4 is 5.91 Å². The molecule has 1 fully saturated rings. The van der Waals surface area contributed by atoms with E-state index in [1.165, 1.54) is 0 Å². The van der Waals surface area contributed by atoms with Gasteiger partial charge in [0.05, 0.1) is 19.0 Å². The lowest BCUT2D eigenvalue weighted by Gasteiger charge is -2.32. The van der Waals surface area contributed by atoms with Gasteiger partial charge in [-0.15, -0.1) is 0 Å². The Hall–Kier alpha value is -4.27. The van der Waals surface area contributed by atoms with Crippen molar-refractivity contribution in [1.29, 1.82) is 0 Å². The molecule has 0 bridgehead atoms. The van der Waals surface area contributed by atoms with Crippen LogP contribution in [0.1, 0.15) is 34.9 Å². The summed E-state index contributed by atoms with van der Waals surface area (Å²) >= 11 is 0. The molecule has 5 rings (SSSR count). The SMILES string of the molecule is COc1ccccc1Oc1nccnc1[C@@H]1CCCN(C(=O)c2cccc(-c3cnn(C)c3)n2)C1. The molecule has 0 spiro atoms. The maximum atomic E-state index is 13.4. The van der Waals surface area contributed by atoms with Gasteiger partial charge in [-0.1, -0.05) is 18.2 Å². The molecule has 1 aromatic carbocycles. The zero-order chi connectivity index (χ0) is 24.2. The third kappa shape index (κ3) is 4.84. The van der Waals surface area contributed by atoms with Gasteiger partial charge in [0.15, 0.2) is 11.5 Å². The summed E-state index contributed by atoms with van der Waals surface area (Å²) in [4.78, 5) is 28.9. The van der Waals surface area contributed by atoms with Crippen LogP contribution < -0.4 is 9.47 Å². The van der Waals surface area contributed by atoms with Crippen molar-refractivity contribution in [3.05, 3.63) is 78.6 Å². The highest BCUT2D eigenvalue weighted by Crippen LogP contribution is 2.36. The number of carbonyl (C=O) groups is 1. The third-order valence-corrected chi connectivity index (χ3v) is 6.03. The van der Waals surface area contributed by atoms with Crippen molar-refractivity contribution in [2.45, 2.75) is 18.8 Å². The highest BCUT2D eigenvalue weighted by molar-refractivity contribution is 5.93. The van der Waals surface area contributed by atoms with Gasteiger partial charge in [-0.2, -0.15) is 5.10 Å². The normalized spacial score (nSPS) is 15.6. The van der Waals surface area contributed by atoms with E-state index in [0.29, 0.717) is 36.2 Å². The topological polar surface area (TPSA) is 95.3 Å². The number of hydrogen-bond donors (Lipinski definition) is 0. The first-order valence-electron chi connectivity index (χ1n) is 11.5. The first-order valence-corrected chi connectivity index (χ1v) is 11.5. The van der Waals surface area contributed by atoms with Gasteiger partial charge >= 0.3 is 0 Å². The molecule has 1 aliphatic heterocycles. The average molecular weight is 471 g/mol. The molecule has 0 saturated carbocycles. The third-order valence-electron chi connectivity index (χ3n) is 6.03. The van der Waals surface area contributed by atoms with Gasteiger partial charge in [0.2, 0.25) is 5.88 Å². The molecule has 9 nitrogen and oxygen atoms in total. The standard InChI is InChI=1S/C26H26N6O3/c1-31-16-19(15-29-31)20-8-5-9-21(30-20)26(33)32-14-6-7-18(17-32)24-25(28-13-12-27-24)35-23-11-4-3-10-22(23)34-2/h3-5,8-13,15-16,18H,6-7,14,17H2,1-2H3/t18-/m1/s1. The molecule has 3 aromatic heterocycles. The van der Waals surface area contributed by atoms with Crippen molar-refractivity contribution in [2.24, 2.45) is 7.05 Å². The lowest BCUT2D eigenvalue weighted by atomic mass is 9.94. The van der Waals surface area contributed by atoms with E-state index >= 15 is 0 Å². The van der Waals surface area contributed by atoms with Crippen LogP contribution in [-0.2, 0) is 7.05 Å². The molecule has 1 atom stereocenters. The minimum Gasteiger partial charge on any atom is -0.493 e. The van der Waals surface area contributed by atoms with Crippen LogP contribution in [-0.4, -0.2) is 55.7 Å². The van der Waals surface area contributed by atoms with Gasteiger partial charge in [0.1, 0.15) is 11.4 Å². The predicted molar refractivity (Wildman–Crippen MR) is 129 cm³/mol. The fourth-order valence-corrected chi connectivity index (χ4v) is 4.32. The Labute approximate surface area is 203 Å². The number of amides is 1. The Balaban J connectivity index is 1.36. The van der Waals surface area contributed by atoms with E-state index in [1.54, 1.807) is 36.4 Å². The van der Waals surface area contributed by atoms with E-state index in [4.69, 9.17) is 9.47 Å². The second-order valence-electron chi connectivity index (χ2n) is 8.40. The van der Waals surface area contributed by atoms with E-state index in [9.17, 15) is 4.79 Å². The van der Waals surface area contributed by atoms with Crippen LogP contribution >= 0.6 is 0 Å². The van der Waals surface area contributed by atoms with Gasteiger partial charge in [0.25, 0.3) is 5.91 Å². The number of nitrogens with zero attached hydrogens (tertiary/aromatic N) is 6. The molecule has 1 saturated heterocycles. The molecule has 4 heterocycles. The number of aryl methyl sites for hydroxylation is 1. The minimum atomic E-state index is -0.100. The summed E-state index contributed by atoms with van der Waals surface area (Å²) in [6, 6.07) is 12.9. The van der Waals surface area contributed by atoms with Crippen molar-refractivity contribution in [3.63, 3.8) is 0 Å². The summed E-state index contributed by atoms with van der Waals surface area (Å²) in [5.74, 6) is 1.50. The molecule has 0 radical (unpaired) electrons. The second-order valence-corrected chi connectivity index (χ2v) is 8.40. The number of carbonyl (C=O) groups excluding carboxylic acids is 1. The van der Waals surface area contributed by atoms with Crippen LogP contribution in [0.15, 0.2) is 67.3 Å². The summed E-state index contributed by atoms with van der Waals surface area (Å²) in [5, 5.41) is 4.20. The number of aromatic nitrogens is 5. The minimum absolute atomic E-state index is 0.00684. The smallest absolute Gasteiger partial charge is 0.272 e. The molecule has 4 aromatic rings. The fraction of sp³-hybridized carbons (Fsp3) is 0.269. The van der Waals surface area contributed by atoms with E-state index in [2.05, 4.69) is 20.1 Å². The Bertz CT molecular complexity index is 1340. The number of methoxy groups -OCH3 is 1. The van der Waals surface area contributed by atoms with Gasteiger partial charge in [0, 0.05) is 50.2 Å². The van der Waals surface area contributed by atoms with Gasteiger partial charge in [-0.25, -0.2) is 9.97 Å². The maximum Gasteiger partial charge on any atom is 0.272 e. The van der Waals surface area contributed by atoms with Gasteiger partial charge in [-0.05, 0) is 37.1 Å². The number of piperidine rings is 1. The summed E-state index contributed by atoms with van der Waals surface area (Å²) in [5.41, 5.74) is 2.74. The Morgan fingerprint density at radius 3 is 2.69 bits per heavy atom. The van der Waals surface area contributed by atoms with Crippen LogP contribution in [0, 0.1) is 0 Å². The van der Waals surface area contributed by atoms with Gasteiger partial charge in [-0.3, -0.25) is 14.5 Å². The van der Waals surface area contributed by atoms with E-state index < -0.39 is 0 Å². The van der Waals surface area contributed by atoms with Crippen LogP contribution in [0.5, 0.6) is 17.4 Å². The van der Waals surface area contributed by atoms with Crippen molar-refractivity contribution in [2.75, 3.05) is 20.2 Å². The highest BCUT2D eigenvalue weighted by atomic mass is 16.5. The van der Waals surface area contributed by atoms with E-state index in [-0.39, 0.29) is 11.8 Å². The number of ether oxygens (including phenoxy) is 2. The fourth-order valence-electron chi connectivity index (χ4n) is 4.32. The summed E-state index contributed by atoms with van der Waals surface area (Å²) in [6.07, 6.45) is 8.62. The monoisotopic (exact) mass is 470 g/mol. The Kier molecular flexibility index (Phi) is 6.38. The molecule has 0 N–H and O–H groups in total. The Morgan fingerprint density at radius 1 is 1.06 bits per heavy atom. The molecular formula is C26H26N6O3. The maximum absolute atomic E-state index is 13.4. The van der Waals surface area contributed by atoms with E-state index in [1.807, 2.05) is 54.5 Å². The first-order chi connectivity index (χ1) is 17.1.